The van der Waals surface area contributed by atoms with E-state index in [-0.39, 0.29) is 6.61 Å². The standard InChI is InChI=1S/C19H23ClN2O7S/c1-11(21-18(25)28-9-12-7-5-4-6-8-12)13-15(23)22-14(17(24)29-10-20)19(2,3)30(26,27)16(13)22/h4-8,11,13-14,16H,9-10H2,1-3H3,(H,21,25)/t11?,13-,14-,16+/m0/s1. The number of fused-ring (bicyclic) bond motifs is 1. The molecule has 2 heterocycles. The molecule has 2 aliphatic rings. The lowest BCUT2D eigenvalue weighted by Gasteiger charge is -2.45. The summed E-state index contributed by atoms with van der Waals surface area (Å²) in [6.45, 7) is 4.30. The number of hydrogen-bond donors (Lipinski definition) is 1. The van der Waals surface area contributed by atoms with Crippen LogP contribution in [0.15, 0.2) is 30.3 Å². The molecular weight excluding hydrogens is 436 g/mol. The fourth-order valence-electron chi connectivity index (χ4n) is 3.96. The largest absolute Gasteiger partial charge is 0.448 e. The van der Waals surface area contributed by atoms with E-state index in [1.807, 2.05) is 6.07 Å². The number of nitrogens with zero attached hydrogens (tertiary/aromatic N) is 1. The summed E-state index contributed by atoms with van der Waals surface area (Å²) in [7, 11) is -3.93. The molecular formula is C19H23ClN2O7S. The number of rotatable bonds is 6. The maximum atomic E-state index is 13.1. The first-order valence-corrected chi connectivity index (χ1v) is 11.4. The van der Waals surface area contributed by atoms with Gasteiger partial charge in [-0.15, -0.1) is 0 Å². The summed E-state index contributed by atoms with van der Waals surface area (Å²) in [5, 5.41) is 1.28. The SMILES string of the molecule is CC(NC(=O)OCc1ccccc1)[C@H]1C(=O)N2[C@@H](C(=O)OCCl)C(C)(C)S(=O)(=O)[C@H]12. The minimum atomic E-state index is -3.93. The van der Waals surface area contributed by atoms with Crippen molar-refractivity contribution in [2.75, 3.05) is 6.07 Å². The van der Waals surface area contributed by atoms with E-state index >= 15 is 0 Å². The minimum Gasteiger partial charge on any atom is -0.448 e. The maximum Gasteiger partial charge on any atom is 0.407 e. The molecule has 3 rings (SSSR count). The molecule has 1 aromatic carbocycles. The van der Waals surface area contributed by atoms with Crippen LogP contribution in [-0.2, 0) is 35.5 Å². The summed E-state index contributed by atoms with van der Waals surface area (Å²) in [4.78, 5) is 38.2. The number of carbonyl (C=O) groups is 3. The molecule has 0 bridgehead atoms. The molecule has 0 spiro atoms. The van der Waals surface area contributed by atoms with E-state index in [1.165, 1.54) is 20.8 Å². The van der Waals surface area contributed by atoms with Gasteiger partial charge in [-0.1, -0.05) is 41.9 Å². The van der Waals surface area contributed by atoms with Crippen molar-refractivity contribution in [3.63, 3.8) is 0 Å². The molecule has 2 saturated heterocycles. The van der Waals surface area contributed by atoms with Crippen molar-refractivity contribution in [3.05, 3.63) is 35.9 Å². The Hall–Kier alpha value is -2.33. The van der Waals surface area contributed by atoms with Gasteiger partial charge in [0.1, 0.15) is 18.0 Å². The van der Waals surface area contributed by atoms with Gasteiger partial charge in [0.05, 0.1) is 10.7 Å². The van der Waals surface area contributed by atoms with Crippen LogP contribution in [0.4, 0.5) is 4.79 Å². The van der Waals surface area contributed by atoms with Crippen LogP contribution in [0.1, 0.15) is 26.3 Å². The molecule has 1 aromatic rings. The predicted octanol–water partition coefficient (Wildman–Crippen LogP) is 1.40. The zero-order chi connectivity index (χ0) is 22.3. The van der Waals surface area contributed by atoms with Gasteiger partial charge in [0, 0.05) is 6.04 Å². The number of sulfone groups is 1. The number of nitrogens with one attached hydrogen (secondary N) is 1. The van der Waals surface area contributed by atoms with E-state index in [2.05, 4.69) is 5.32 Å². The Morgan fingerprint density at radius 3 is 2.47 bits per heavy atom. The van der Waals surface area contributed by atoms with Gasteiger partial charge in [-0.2, -0.15) is 0 Å². The molecule has 0 saturated carbocycles. The Labute approximate surface area is 179 Å². The van der Waals surface area contributed by atoms with Crippen molar-refractivity contribution in [3.8, 4) is 0 Å². The molecule has 11 heteroatoms. The molecule has 30 heavy (non-hydrogen) atoms. The average Bonchev–Trinajstić information content (AvgIpc) is 2.81. The first-order valence-electron chi connectivity index (χ1n) is 9.29. The van der Waals surface area contributed by atoms with E-state index in [4.69, 9.17) is 21.1 Å². The summed E-state index contributed by atoms with van der Waals surface area (Å²) in [6, 6.07) is 6.45. The van der Waals surface area contributed by atoms with Crippen LogP contribution >= 0.6 is 11.6 Å². The monoisotopic (exact) mass is 458 g/mol. The van der Waals surface area contributed by atoms with Gasteiger partial charge in [-0.3, -0.25) is 4.79 Å². The molecule has 164 valence electrons. The molecule has 1 N–H and O–H groups in total. The highest BCUT2D eigenvalue weighted by molar-refractivity contribution is 7.93. The summed E-state index contributed by atoms with van der Waals surface area (Å²) >= 11 is 5.43. The Morgan fingerprint density at radius 2 is 1.87 bits per heavy atom. The Balaban J connectivity index is 1.71. The molecule has 2 fully saturated rings. The maximum absolute atomic E-state index is 13.1. The summed E-state index contributed by atoms with van der Waals surface area (Å²) in [5.41, 5.74) is 0.784. The van der Waals surface area contributed by atoms with Crippen molar-refractivity contribution in [1.29, 1.82) is 0 Å². The fourth-order valence-corrected chi connectivity index (χ4v) is 6.47. The van der Waals surface area contributed by atoms with Crippen molar-refractivity contribution in [2.45, 2.75) is 49.6 Å². The quantitative estimate of drug-likeness (QED) is 0.388. The number of β-lactam (4-membered cyclic amide) rings is 1. The third kappa shape index (κ3) is 3.51. The number of halogens is 1. The molecule has 4 atom stereocenters. The number of carbonyl (C=O) groups excluding carboxylic acids is 3. The van der Waals surface area contributed by atoms with E-state index in [1.54, 1.807) is 24.3 Å². The second kappa shape index (κ2) is 8.07. The van der Waals surface area contributed by atoms with E-state index < -0.39 is 62.0 Å². The number of alkyl halides is 1. The zero-order valence-corrected chi connectivity index (χ0v) is 18.3. The van der Waals surface area contributed by atoms with Crippen LogP contribution in [-0.4, -0.2) is 59.6 Å². The van der Waals surface area contributed by atoms with E-state index in [0.29, 0.717) is 0 Å². The lowest BCUT2D eigenvalue weighted by atomic mass is 9.87. The Morgan fingerprint density at radius 1 is 1.23 bits per heavy atom. The normalized spacial score (nSPS) is 26.9. The van der Waals surface area contributed by atoms with Gasteiger partial charge in [-0.25, -0.2) is 18.0 Å². The van der Waals surface area contributed by atoms with Crippen LogP contribution in [0.3, 0.4) is 0 Å². The molecule has 0 aromatic heterocycles. The second-order valence-corrected chi connectivity index (χ2v) is 10.6. The van der Waals surface area contributed by atoms with Crippen LogP contribution in [0, 0.1) is 5.92 Å². The van der Waals surface area contributed by atoms with Crippen molar-refractivity contribution in [2.24, 2.45) is 5.92 Å². The second-order valence-electron chi connectivity index (χ2n) is 7.78. The van der Waals surface area contributed by atoms with Gasteiger partial charge in [0.15, 0.2) is 15.9 Å². The highest BCUT2D eigenvalue weighted by Crippen LogP contribution is 2.49. The van der Waals surface area contributed by atoms with Gasteiger partial charge < -0.3 is 19.7 Å². The molecule has 2 aliphatic heterocycles. The molecule has 1 unspecified atom stereocenters. The summed E-state index contributed by atoms with van der Waals surface area (Å²) < 4.78 is 34.5. The Kier molecular flexibility index (Phi) is 6.01. The summed E-state index contributed by atoms with van der Waals surface area (Å²) in [5.74, 6) is -2.47. The van der Waals surface area contributed by atoms with Crippen LogP contribution in [0.2, 0.25) is 0 Å². The van der Waals surface area contributed by atoms with E-state index in [0.717, 1.165) is 10.5 Å². The molecule has 0 radical (unpaired) electrons. The topological polar surface area (TPSA) is 119 Å². The highest BCUT2D eigenvalue weighted by Gasteiger charge is 2.73. The lowest BCUT2D eigenvalue weighted by Crippen LogP contribution is -2.68. The van der Waals surface area contributed by atoms with Gasteiger partial charge >= 0.3 is 12.1 Å². The average molecular weight is 459 g/mol. The Bertz CT molecular complexity index is 951. The van der Waals surface area contributed by atoms with Crippen molar-refractivity contribution < 1.29 is 32.3 Å². The minimum absolute atomic E-state index is 0.0330. The number of ether oxygens (including phenoxy) is 2. The predicted molar refractivity (Wildman–Crippen MR) is 107 cm³/mol. The lowest BCUT2D eigenvalue weighted by molar-refractivity contribution is -0.166. The number of esters is 1. The third-order valence-corrected chi connectivity index (χ3v) is 8.58. The zero-order valence-electron chi connectivity index (χ0n) is 16.7. The van der Waals surface area contributed by atoms with E-state index in [9.17, 15) is 22.8 Å². The molecule has 2 amide bonds. The van der Waals surface area contributed by atoms with Gasteiger partial charge in [0.25, 0.3) is 0 Å². The molecule has 0 aliphatic carbocycles. The van der Waals surface area contributed by atoms with Crippen LogP contribution in [0.25, 0.3) is 0 Å². The van der Waals surface area contributed by atoms with Crippen LogP contribution < -0.4 is 5.32 Å². The smallest absolute Gasteiger partial charge is 0.407 e. The number of alkyl carbamates (subject to hydrolysis) is 1. The highest BCUT2D eigenvalue weighted by atomic mass is 35.5. The van der Waals surface area contributed by atoms with Crippen LogP contribution in [0.5, 0.6) is 0 Å². The van der Waals surface area contributed by atoms with Crippen molar-refractivity contribution in [1.82, 2.24) is 10.2 Å². The summed E-state index contributed by atoms with van der Waals surface area (Å²) in [6.07, 6.45) is -0.773. The molecule has 9 nitrogen and oxygen atoms in total. The van der Waals surface area contributed by atoms with Gasteiger partial charge in [-0.05, 0) is 26.3 Å². The number of hydrogen-bond acceptors (Lipinski definition) is 7. The number of benzene rings is 1. The first-order chi connectivity index (χ1) is 14.0. The van der Waals surface area contributed by atoms with Gasteiger partial charge in [0.2, 0.25) is 5.91 Å². The first kappa shape index (κ1) is 22.4. The number of amides is 2. The third-order valence-electron chi connectivity index (χ3n) is 5.63. The van der Waals surface area contributed by atoms with Crippen molar-refractivity contribution >= 4 is 39.4 Å². The fraction of sp³-hybridized carbons (Fsp3) is 0.526.